The molecule has 0 saturated carbocycles. The Kier molecular flexibility index (Phi) is 5.50. The van der Waals surface area contributed by atoms with Gasteiger partial charge in [-0.1, -0.05) is 31.4 Å². The molecule has 1 heterocycles. The second-order valence-corrected chi connectivity index (χ2v) is 5.92. The van der Waals surface area contributed by atoms with Crippen molar-refractivity contribution in [2.45, 2.75) is 6.61 Å². The molecule has 0 amide bonds. The highest BCUT2D eigenvalue weighted by molar-refractivity contribution is 5.87. The lowest BCUT2D eigenvalue weighted by Gasteiger charge is -2.10. The van der Waals surface area contributed by atoms with Crippen LogP contribution in [0.2, 0.25) is 0 Å². The number of hydrogen-bond acceptors (Lipinski definition) is 4. The van der Waals surface area contributed by atoms with Crippen LogP contribution in [-0.2, 0) is 6.61 Å². The largest absolute Gasteiger partial charge is 0.489 e. The Bertz CT molecular complexity index is 1160. The zero-order chi connectivity index (χ0) is 20.1. The lowest BCUT2D eigenvalue weighted by molar-refractivity contribution is 0.0696. The molecule has 0 fully saturated rings. The minimum absolute atomic E-state index is 0.201. The zero-order valence-electron chi connectivity index (χ0n) is 15.0. The van der Waals surface area contributed by atoms with Crippen LogP contribution >= 0.6 is 0 Å². The van der Waals surface area contributed by atoms with E-state index in [1.807, 2.05) is 0 Å². The molecule has 6 heteroatoms. The maximum Gasteiger partial charge on any atom is 0.335 e. The fraction of sp³-hybridized carbons (Fsp3) is 0.0455. The normalized spacial score (nSPS) is 11.2. The number of carboxylic acids is 1. The summed E-state index contributed by atoms with van der Waals surface area (Å²) in [6.45, 7) is 7.53. The van der Waals surface area contributed by atoms with Gasteiger partial charge in [-0.2, -0.15) is 0 Å². The summed E-state index contributed by atoms with van der Waals surface area (Å²) in [5.41, 5.74) is 1.78. The van der Waals surface area contributed by atoms with Gasteiger partial charge in [-0.15, -0.1) is 0 Å². The predicted molar refractivity (Wildman–Crippen MR) is 108 cm³/mol. The summed E-state index contributed by atoms with van der Waals surface area (Å²) in [6.07, 6.45) is 6.23. The Morgan fingerprint density at radius 3 is 2.75 bits per heavy atom. The lowest BCUT2D eigenvalue weighted by Crippen LogP contribution is -2.19. The van der Waals surface area contributed by atoms with E-state index in [0.717, 1.165) is 5.56 Å². The highest BCUT2D eigenvalue weighted by Gasteiger charge is 2.08. The molecular weight excluding hydrogens is 356 g/mol. The van der Waals surface area contributed by atoms with Crippen molar-refractivity contribution >= 4 is 22.6 Å². The average molecular weight is 374 g/mol. The van der Waals surface area contributed by atoms with Gasteiger partial charge in [0.1, 0.15) is 18.7 Å². The number of fused-ring (bicyclic) bond motifs is 1. The van der Waals surface area contributed by atoms with Crippen LogP contribution in [0.3, 0.4) is 0 Å². The van der Waals surface area contributed by atoms with Crippen LogP contribution in [0.25, 0.3) is 16.6 Å². The number of hydrogen-bond donors (Lipinski definition) is 1. The van der Waals surface area contributed by atoms with Gasteiger partial charge in [0.15, 0.2) is 0 Å². The van der Waals surface area contributed by atoms with Gasteiger partial charge >= 0.3 is 5.97 Å². The Balaban J connectivity index is 1.87. The maximum atomic E-state index is 12.7. The standard InChI is InChI=1S/C22H18N2O4/c1-3-6-17(4-2)24-14-23-20-12-18(9-10-19(20)21(24)25)28-13-15-7-5-8-16(11-15)22(26)27/h3-12,14H,1-2,13H2,(H,26,27)/b17-6+. The van der Waals surface area contributed by atoms with E-state index in [1.165, 1.54) is 17.0 Å². The molecule has 140 valence electrons. The first kappa shape index (κ1) is 18.8. The van der Waals surface area contributed by atoms with Crippen molar-refractivity contribution < 1.29 is 14.6 Å². The van der Waals surface area contributed by atoms with Gasteiger partial charge in [-0.25, -0.2) is 9.78 Å². The molecule has 0 aliphatic carbocycles. The maximum absolute atomic E-state index is 12.7. The molecule has 3 aromatic rings. The van der Waals surface area contributed by atoms with Gasteiger partial charge < -0.3 is 9.84 Å². The molecule has 6 nitrogen and oxygen atoms in total. The monoisotopic (exact) mass is 374 g/mol. The second kappa shape index (κ2) is 8.18. The Morgan fingerprint density at radius 1 is 1.21 bits per heavy atom. The molecule has 1 aromatic heterocycles. The van der Waals surface area contributed by atoms with Crippen LogP contribution in [0, 0.1) is 0 Å². The first-order valence-corrected chi connectivity index (χ1v) is 8.45. The summed E-state index contributed by atoms with van der Waals surface area (Å²) < 4.78 is 7.13. The molecule has 1 N–H and O–H groups in total. The number of carboxylic acid groups (broad SMARTS) is 1. The van der Waals surface area contributed by atoms with Crippen molar-refractivity contribution in [2.24, 2.45) is 0 Å². The Morgan fingerprint density at radius 2 is 2.04 bits per heavy atom. The predicted octanol–water partition coefficient (Wildman–Crippen LogP) is 3.89. The van der Waals surface area contributed by atoms with Gasteiger partial charge in [0.2, 0.25) is 0 Å². The molecule has 3 rings (SSSR count). The molecule has 0 atom stereocenters. The van der Waals surface area contributed by atoms with E-state index < -0.39 is 5.97 Å². The van der Waals surface area contributed by atoms with Crippen molar-refractivity contribution in [1.29, 1.82) is 0 Å². The highest BCUT2D eigenvalue weighted by atomic mass is 16.5. The molecular formula is C22H18N2O4. The van der Waals surface area contributed by atoms with Crippen LogP contribution < -0.4 is 10.3 Å². The molecule has 0 saturated heterocycles. The molecule has 0 radical (unpaired) electrons. The van der Waals surface area contributed by atoms with Crippen LogP contribution in [-0.4, -0.2) is 20.6 Å². The molecule has 0 unspecified atom stereocenters. The topological polar surface area (TPSA) is 81.4 Å². The minimum atomic E-state index is -0.988. The summed E-state index contributed by atoms with van der Waals surface area (Å²) in [5, 5.41) is 9.50. The fourth-order valence-electron chi connectivity index (χ4n) is 2.70. The molecule has 0 aliphatic rings. The zero-order valence-corrected chi connectivity index (χ0v) is 15.0. The molecule has 2 aromatic carbocycles. The van der Waals surface area contributed by atoms with Crippen LogP contribution in [0.15, 0.2) is 85.0 Å². The molecule has 0 spiro atoms. The molecule has 28 heavy (non-hydrogen) atoms. The quantitative estimate of drug-likeness (QED) is 0.635. The smallest absolute Gasteiger partial charge is 0.335 e. The summed E-state index contributed by atoms with van der Waals surface area (Å²) in [7, 11) is 0. The number of carbonyl (C=O) groups is 1. The third kappa shape index (κ3) is 3.91. The summed E-state index contributed by atoms with van der Waals surface area (Å²) in [5.74, 6) is -0.458. The third-order valence-electron chi connectivity index (χ3n) is 4.09. The third-order valence-corrected chi connectivity index (χ3v) is 4.09. The van der Waals surface area contributed by atoms with Gasteiger partial charge in [-0.3, -0.25) is 9.36 Å². The van der Waals surface area contributed by atoms with E-state index in [9.17, 15) is 9.59 Å². The number of allylic oxidation sites excluding steroid dienone is 4. The summed E-state index contributed by atoms with van der Waals surface area (Å²) >= 11 is 0. The van der Waals surface area contributed by atoms with E-state index >= 15 is 0 Å². The number of aromatic nitrogens is 2. The van der Waals surface area contributed by atoms with Crippen molar-refractivity contribution in [3.63, 3.8) is 0 Å². The van der Waals surface area contributed by atoms with Gasteiger partial charge in [0.05, 0.1) is 16.5 Å². The number of rotatable bonds is 7. The van der Waals surface area contributed by atoms with E-state index in [1.54, 1.807) is 54.6 Å². The van der Waals surface area contributed by atoms with Crippen LogP contribution in [0.5, 0.6) is 5.75 Å². The van der Waals surface area contributed by atoms with Gasteiger partial charge in [0, 0.05) is 11.8 Å². The average Bonchev–Trinajstić information content (AvgIpc) is 2.71. The second-order valence-electron chi connectivity index (χ2n) is 5.92. The van der Waals surface area contributed by atoms with E-state index in [2.05, 4.69) is 18.1 Å². The molecule has 0 aliphatic heterocycles. The van der Waals surface area contributed by atoms with E-state index in [-0.39, 0.29) is 17.7 Å². The Labute approximate surface area is 161 Å². The number of ether oxygens (including phenoxy) is 1. The van der Waals surface area contributed by atoms with Gasteiger partial charge in [-0.05, 0) is 42.0 Å². The number of aromatic carboxylic acids is 1. The van der Waals surface area contributed by atoms with Crippen LogP contribution in [0.1, 0.15) is 15.9 Å². The fourth-order valence-corrected chi connectivity index (χ4v) is 2.70. The number of benzene rings is 2. The van der Waals surface area contributed by atoms with Crippen molar-refractivity contribution in [1.82, 2.24) is 9.55 Å². The summed E-state index contributed by atoms with van der Waals surface area (Å²) in [6, 6.07) is 11.5. The van der Waals surface area contributed by atoms with E-state index in [4.69, 9.17) is 9.84 Å². The van der Waals surface area contributed by atoms with Crippen molar-refractivity contribution in [3.8, 4) is 5.75 Å². The lowest BCUT2D eigenvalue weighted by atomic mass is 10.1. The number of nitrogens with zero attached hydrogens (tertiary/aromatic N) is 2. The minimum Gasteiger partial charge on any atom is -0.489 e. The SMILES string of the molecule is C=C/C=C(\C=C)n1cnc2cc(OCc3cccc(C(=O)O)c3)ccc2c1=O. The van der Waals surface area contributed by atoms with Crippen LogP contribution in [0.4, 0.5) is 0 Å². The van der Waals surface area contributed by atoms with Gasteiger partial charge in [0.25, 0.3) is 5.56 Å². The van der Waals surface area contributed by atoms with Crippen molar-refractivity contribution in [2.75, 3.05) is 0 Å². The first-order chi connectivity index (χ1) is 13.5. The van der Waals surface area contributed by atoms with E-state index in [0.29, 0.717) is 22.3 Å². The Hall–Kier alpha value is -3.93. The summed E-state index contributed by atoms with van der Waals surface area (Å²) in [4.78, 5) is 28.1. The highest BCUT2D eigenvalue weighted by Crippen LogP contribution is 2.19. The first-order valence-electron chi connectivity index (χ1n) is 8.45. The molecule has 0 bridgehead atoms. The van der Waals surface area contributed by atoms with Crippen molar-refractivity contribution in [3.05, 3.63) is 102 Å².